The highest BCUT2D eigenvalue weighted by atomic mass is 35.5. The van der Waals surface area contributed by atoms with Gasteiger partial charge >= 0.3 is 0 Å². The summed E-state index contributed by atoms with van der Waals surface area (Å²) in [6.07, 6.45) is 2.03. The molecule has 0 spiro atoms. The van der Waals surface area contributed by atoms with Crippen molar-refractivity contribution in [3.8, 4) is 0 Å². The maximum Gasteiger partial charge on any atom is 0.253 e. The number of hydrogen-bond acceptors (Lipinski definition) is 7. The molecule has 0 saturated carbocycles. The number of aryl methyl sites for hydroxylation is 2. The molecule has 200 valence electrons. The minimum Gasteiger partial charge on any atom is -0.383 e. The number of halogens is 1. The minimum absolute atomic E-state index is 0.0529. The van der Waals surface area contributed by atoms with Gasteiger partial charge in [0.05, 0.1) is 24.8 Å². The minimum atomic E-state index is -0.518. The first-order valence-corrected chi connectivity index (χ1v) is 13.3. The summed E-state index contributed by atoms with van der Waals surface area (Å²) in [6.45, 7) is 6.90. The van der Waals surface area contributed by atoms with E-state index in [0.717, 1.165) is 47.0 Å². The van der Waals surface area contributed by atoms with E-state index >= 15 is 0 Å². The first-order chi connectivity index (χ1) is 18.4. The molecular formula is C28H33ClN6O3. The van der Waals surface area contributed by atoms with Crippen molar-refractivity contribution >= 4 is 22.5 Å². The molecule has 9 nitrogen and oxygen atoms in total. The molecule has 3 heterocycles. The first-order valence-electron chi connectivity index (χ1n) is 12.9. The third kappa shape index (κ3) is 5.81. The lowest BCUT2D eigenvalue weighted by molar-refractivity contribution is 0.0569. The molecule has 0 bridgehead atoms. The van der Waals surface area contributed by atoms with Crippen LogP contribution in [0.5, 0.6) is 0 Å². The van der Waals surface area contributed by atoms with Crippen LogP contribution in [0, 0.1) is 13.8 Å². The lowest BCUT2D eigenvalue weighted by atomic mass is 9.99. The summed E-state index contributed by atoms with van der Waals surface area (Å²) in [5.41, 5.74) is 4.49. The highest BCUT2D eigenvalue weighted by Gasteiger charge is 2.33. The Labute approximate surface area is 226 Å². The number of H-pyrrole nitrogens is 1. The van der Waals surface area contributed by atoms with Gasteiger partial charge in [0.2, 0.25) is 0 Å². The van der Waals surface area contributed by atoms with E-state index in [4.69, 9.17) is 21.1 Å². The van der Waals surface area contributed by atoms with E-state index in [1.807, 2.05) is 37.3 Å². The van der Waals surface area contributed by atoms with E-state index in [2.05, 4.69) is 44.5 Å². The number of pyridine rings is 1. The lowest BCUT2D eigenvalue weighted by Crippen LogP contribution is -2.39. The number of methoxy groups -OCH3 is 1. The number of hydrogen-bond donors (Lipinski definition) is 1. The van der Waals surface area contributed by atoms with Crippen LogP contribution in [0.2, 0.25) is 5.02 Å². The number of aromatic amines is 1. The maximum atomic E-state index is 13.7. The smallest absolute Gasteiger partial charge is 0.253 e. The zero-order chi connectivity index (χ0) is 26.6. The Balaban J connectivity index is 1.67. The van der Waals surface area contributed by atoms with Crippen molar-refractivity contribution < 1.29 is 9.47 Å². The lowest BCUT2D eigenvalue weighted by Gasteiger charge is -2.32. The largest absolute Gasteiger partial charge is 0.383 e. The number of benzene rings is 2. The molecule has 1 aliphatic heterocycles. The van der Waals surface area contributed by atoms with Crippen molar-refractivity contribution in [3.63, 3.8) is 0 Å². The Hall–Kier alpha value is -3.11. The van der Waals surface area contributed by atoms with Gasteiger partial charge in [0, 0.05) is 37.4 Å². The van der Waals surface area contributed by atoms with Crippen LogP contribution in [-0.2, 0) is 22.6 Å². The summed E-state index contributed by atoms with van der Waals surface area (Å²) in [5, 5.41) is 14.3. The van der Waals surface area contributed by atoms with Gasteiger partial charge in [0.25, 0.3) is 5.56 Å². The Morgan fingerprint density at radius 1 is 1.24 bits per heavy atom. The molecule has 10 heteroatoms. The molecule has 38 heavy (non-hydrogen) atoms. The maximum absolute atomic E-state index is 13.7. The van der Waals surface area contributed by atoms with Crippen LogP contribution >= 0.6 is 11.6 Å². The molecule has 1 saturated heterocycles. The van der Waals surface area contributed by atoms with Crippen molar-refractivity contribution in [1.29, 1.82) is 0 Å². The van der Waals surface area contributed by atoms with Gasteiger partial charge in [-0.2, -0.15) is 0 Å². The van der Waals surface area contributed by atoms with Gasteiger partial charge < -0.3 is 14.5 Å². The fraction of sp³-hybridized carbons (Fsp3) is 0.429. The molecule has 2 atom stereocenters. The number of nitrogens with one attached hydrogen (secondary N) is 1. The van der Waals surface area contributed by atoms with Crippen molar-refractivity contribution in [3.05, 3.63) is 85.9 Å². The van der Waals surface area contributed by atoms with E-state index in [0.29, 0.717) is 42.7 Å². The molecule has 0 radical (unpaired) electrons. The third-order valence-electron chi connectivity index (χ3n) is 7.05. The quantitative estimate of drug-likeness (QED) is 0.324. The molecule has 1 fully saturated rings. The second kappa shape index (κ2) is 11.7. The molecule has 5 rings (SSSR count). The van der Waals surface area contributed by atoms with Crippen LogP contribution in [0.3, 0.4) is 0 Å². The normalized spacial score (nSPS) is 16.5. The molecule has 0 amide bonds. The summed E-state index contributed by atoms with van der Waals surface area (Å²) in [4.78, 5) is 19.1. The van der Waals surface area contributed by atoms with Gasteiger partial charge in [-0.05, 0) is 77.9 Å². The van der Waals surface area contributed by atoms with Gasteiger partial charge in [-0.3, -0.25) is 9.69 Å². The Bertz CT molecular complexity index is 1450. The summed E-state index contributed by atoms with van der Waals surface area (Å²) in [7, 11) is 1.64. The predicted molar refractivity (Wildman–Crippen MR) is 146 cm³/mol. The van der Waals surface area contributed by atoms with Crippen LogP contribution in [0.4, 0.5) is 0 Å². The number of nitrogens with zero attached hydrogens (tertiary/aromatic N) is 5. The molecule has 1 aliphatic rings. The van der Waals surface area contributed by atoms with Crippen LogP contribution in [0.25, 0.3) is 10.9 Å². The summed E-state index contributed by atoms with van der Waals surface area (Å²) in [6, 6.07) is 13.4. The van der Waals surface area contributed by atoms with Crippen molar-refractivity contribution in [2.75, 3.05) is 26.9 Å². The fourth-order valence-electron chi connectivity index (χ4n) is 5.29. The van der Waals surface area contributed by atoms with Crippen LogP contribution < -0.4 is 5.56 Å². The van der Waals surface area contributed by atoms with E-state index in [1.54, 1.807) is 11.8 Å². The van der Waals surface area contributed by atoms with Crippen LogP contribution in [0.1, 0.15) is 47.0 Å². The average molecular weight is 537 g/mol. The van der Waals surface area contributed by atoms with Crippen LogP contribution in [-0.4, -0.2) is 63.1 Å². The molecule has 2 aromatic carbocycles. The van der Waals surface area contributed by atoms with Crippen LogP contribution in [0.15, 0.2) is 47.3 Å². The molecule has 4 aromatic rings. The second-order valence-corrected chi connectivity index (χ2v) is 10.4. The highest BCUT2D eigenvalue weighted by Crippen LogP contribution is 2.31. The summed E-state index contributed by atoms with van der Waals surface area (Å²) in [5.74, 6) is 0.586. The summed E-state index contributed by atoms with van der Waals surface area (Å²) >= 11 is 6.18. The van der Waals surface area contributed by atoms with Crippen molar-refractivity contribution in [2.45, 2.75) is 51.9 Å². The predicted octanol–water partition coefficient (Wildman–Crippen LogP) is 4.20. The van der Waals surface area contributed by atoms with Gasteiger partial charge in [-0.1, -0.05) is 35.4 Å². The Kier molecular flexibility index (Phi) is 8.18. The average Bonchev–Trinajstić information content (AvgIpc) is 3.57. The second-order valence-electron chi connectivity index (χ2n) is 9.95. The fourth-order valence-corrected chi connectivity index (χ4v) is 5.41. The zero-order valence-electron chi connectivity index (χ0n) is 22.0. The highest BCUT2D eigenvalue weighted by molar-refractivity contribution is 6.30. The molecule has 2 aromatic heterocycles. The number of rotatable bonds is 10. The zero-order valence-corrected chi connectivity index (χ0v) is 22.7. The monoisotopic (exact) mass is 536 g/mol. The third-order valence-corrected chi connectivity index (χ3v) is 7.31. The topological polar surface area (TPSA) is 98.2 Å². The molecule has 1 N–H and O–H groups in total. The van der Waals surface area contributed by atoms with E-state index < -0.39 is 6.04 Å². The van der Waals surface area contributed by atoms with E-state index in [1.165, 1.54) is 0 Å². The molecular weight excluding hydrogens is 504 g/mol. The van der Waals surface area contributed by atoms with Crippen molar-refractivity contribution in [1.82, 2.24) is 30.1 Å². The number of fused-ring (bicyclic) bond motifs is 1. The summed E-state index contributed by atoms with van der Waals surface area (Å²) < 4.78 is 13.1. The van der Waals surface area contributed by atoms with Crippen molar-refractivity contribution in [2.24, 2.45) is 0 Å². The van der Waals surface area contributed by atoms with E-state index in [-0.39, 0.29) is 11.7 Å². The van der Waals surface area contributed by atoms with Gasteiger partial charge in [-0.25, -0.2) is 4.68 Å². The van der Waals surface area contributed by atoms with Gasteiger partial charge in [0.1, 0.15) is 6.04 Å². The Morgan fingerprint density at radius 3 is 2.79 bits per heavy atom. The molecule has 0 aliphatic carbocycles. The van der Waals surface area contributed by atoms with Gasteiger partial charge in [-0.15, -0.1) is 5.10 Å². The van der Waals surface area contributed by atoms with E-state index in [9.17, 15) is 4.79 Å². The first kappa shape index (κ1) is 26.5. The number of tetrazole rings is 1. The Morgan fingerprint density at radius 2 is 2.05 bits per heavy atom. The SMILES string of the molecule is COCCn1nnnc1[C@H](c1cc2cc(C)cc(C)c2[nH]c1=O)N(Cc1ccc(Cl)cc1)C[C@@H]1CCCO1. The standard InChI is InChI=1S/C28H33ClN6O3/c1-18-13-19(2)25-21(14-18)15-24(28(36)30-25)26(27-31-32-33-35(27)10-12-37-3)34(17-23-5-4-11-38-23)16-20-6-8-22(29)9-7-20/h6-9,13-15,23,26H,4-5,10-12,16-17H2,1-3H3,(H,30,36)/t23-,26-/m0/s1. The number of aromatic nitrogens is 5. The molecule has 0 unspecified atom stereocenters. The number of ether oxygens (including phenoxy) is 2. The van der Waals surface area contributed by atoms with Gasteiger partial charge in [0.15, 0.2) is 5.82 Å².